The summed E-state index contributed by atoms with van der Waals surface area (Å²) in [5, 5.41) is 8.64. The highest BCUT2D eigenvalue weighted by atomic mass is 19.3. The standard InChI is InChI=1S/C8H8F2N2O3/c9-7(10)4-2-12-5(8(14)15)3(1-11)6(4)13/h2,7H,1,11H2,(H,12,13)(H,14,15). The van der Waals surface area contributed by atoms with Crippen LogP contribution in [-0.2, 0) is 6.54 Å². The summed E-state index contributed by atoms with van der Waals surface area (Å²) in [5.41, 5.74) is 2.53. The molecule has 1 heterocycles. The van der Waals surface area contributed by atoms with Gasteiger partial charge in [-0.1, -0.05) is 0 Å². The summed E-state index contributed by atoms with van der Waals surface area (Å²) in [6, 6.07) is 0. The number of hydrogen-bond acceptors (Lipinski definition) is 3. The van der Waals surface area contributed by atoms with Crippen molar-refractivity contribution in [1.29, 1.82) is 0 Å². The van der Waals surface area contributed by atoms with Crippen molar-refractivity contribution < 1.29 is 18.7 Å². The van der Waals surface area contributed by atoms with E-state index in [1.54, 1.807) is 0 Å². The van der Waals surface area contributed by atoms with Crippen LogP contribution in [0.15, 0.2) is 11.0 Å². The molecule has 0 saturated carbocycles. The zero-order chi connectivity index (χ0) is 11.6. The minimum atomic E-state index is -2.96. The lowest BCUT2D eigenvalue weighted by molar-refractivity contribution is 0.0688. The largest absolute Gasteiger partial charge is 0.477 e. The minimum Gasteiger partial charge on any atom is -0.477 e. The van der Waals surface area contributed by atoms with Crippen molar-refractivity contribution >= 4 is 5.97 Å². The van der Waals surface area contributed by atoms with Crippen LogP contribution in [0.1, 0.15) is 28.0 Å². The van der Waals surface area contributed by atoms with E-state index in [0.29, 0.717) is 6.20 Å². The number of carboxylic acid groups (broad SMARTS) is 1. The van der Waals surface area contributed by atoms with Crippen LogP contribution < -0.4 is 11.2 Å². The molecule has 0 bridgehead atoms. The molecule has 0 spiro atoms. The van der Waals surface area contributed by atoms with E-state index >= 15 is 0 Å². The monoisotopic (exact) mass is 218 g/mol. The molecule has 1 rings (SSSR count). The molecule has 0 amide bonds. The Balaban J connectivity index is 3.46. The fourth-order valence-electron chi connectivity index (χ4n) is 1.14. The van der Waals surface area contributed by atoms with Crippen molar-refractivity contribution in [2.24, 2.45) is 5.73 Å². The molecule has 0 aliphatic heterocycles. The van der Waals surface area contributed by atoms with E-state index in [1.807, 2.05) is 0 Å². The molecular formula is C8H8F2N2O3. The lowest BCUT2D eigenvalue weighted by Crippen LogP contribution is -2.23. The van der Waals surface area contributed by atoms with Gasteiger partial charge < -0.3 is 15.8 Å². The van der Waals surface area contributed by atoms with Crippen molar-refractivity contribution in [3.63, 3.8) is 0 Å². The minimum absolute atomic E-state index is 0.347. The molecule has 15 heavy (non-hydrogen) atoms. The van der Waals surface area contributed by atoms with Gasteiger partial charge in [-0.05, 0) is 0 Å². The number of carboxylic acids is 1. The Morgan fingerprint density at radius 3 is 2.60 bits per heavy atom. The zero-order valence-corrected chi connectivity index (χ0v) is 7.46. The number of aromatic carboxylic acids is 1. The van der Waals surface area contributed by atoms with Crippen LogP contribution >= 0.6 is 0 Å². The van der Waals surface area contributed by atoms with E-state index in [4.69, 9.17) is 10.8 Å². The summed E-state index contributed by atoms with van der Waals surface area (Å²) in [5.74, 6) is -1.41. The molecule has 7 heteroatoms. The van der Waals surface area contributed by atoms with Gasteiger partial charge in [-0.3, -0.25) is 4.79 Å². The highest BCUT2D eigenvalue weighted by Crippen LogP contribution is 2.15. The first-order chi connectivity index (χ1) is 6.99. The van der Waals surface area contributed by atoms with E-state index in [9.17, 15) is 18.4 Å². The Morgan fingerprint density at radius 1 is 1.60 bits per heavy atom. The maximum absolute atomic E-state index is 12.3. The highest BCUT2D eigenvalue weighted by Gasteiger charge is 2.19. The van der Waals surface area contributed by atoms with Crippen molar-refractivity contribution in [3.05, 3.63) is 33.2 Å². The summed E-state index contributed by atoms with van der Waals surface area (Å²) in [6.45, 7) is -0.405. The molecule has 0 aliphatic carbocycles. The first-order valence-electron chi connectivity index (χ1n) is 3.95. The average molecular weight is 218 g/mol. The van der Waals surface area contributed by atoms with Gasteiger partial charge in [-0.2, -0.15) is 0 Å². The third kappa shape index (κ3) is 2.01. The van der Waals surface area contributed by atoms with E-state index in [1.165, 1.54) is 0 Å². The lowest BCUT2D eigenvalue weighted by atomic mass is 10.1. The van der Waals surface area contributed by atoms with Crippen molar-refractivity contribution in [3.8, 4) is 0 Å². The maximum atomic E-state index is 12.3. The molecule has 0 aromatic carbocycles. The number of aromatic nitrogens is 1. The van der Waals surface area contributed by atoms with Gasteiger partial charge in [0.05, 0.1) is 5.56 Å². The number of alkyl halides is 2. The Bertz CT molecular complexity index is 442. The fraction of sp³-hybridized carbons (Fsp3) is 0.250. The van der Waals surface area contributed by atoms with Gasteiger partial charge in [0.1, 0.15) is 5.69 Å². The molecule has 0 fully saturated rings. The van der Waals surface area contributed by atoms with Gasteiger partial charge in [0.25, 0.3) is 6.43 Å². The van der Waals surface area contributed by atoms with Crippen molar-refractivity contribution in [2.75, 3.05) is 0 Å². The highest BCUT2D eigenvalue weighted by molar-refractivity contribution is 5.87. The second-order valence-electron chi connectivity index (χ2n) is 2.74. The van der Waals surface area contributed by atoms with Crippen molar-refractivity contribution in [2.45, 2.75) is 13.0 Å². The summed E-state index contributed by atoms with van der Waals surface area (Å²) < 4.78 is 24.5. The number of aromatic amines is 1. The molecule has 1 aromatic heterocycles. The van der Waals surface area contributed by atoms with Gasteiger partial charge >= 0.3 is 5.97 Å². The van der Waals surface area contributed by atoms with Crippen LogP contribution in [0.4, 0.5) is 8.78 Å². The van der Waals surface area contributed by atoms with Crippen LogP contribution in [0, 0.1) is 0 Å². The first-order valence-corrected chi connectivity index (χ1v) is 3.95. The van der Waals surface area contributed by atoms with E-state index in [-0.39, 0.29) is 5.56 Å². The average Bonchev–Trinajstić information content (AvgIpc) is 2.16. The van der Waals surface area contributed by atoms with Crippen LogP contribution in [0.3, 0.4) is 0 Å². The molecule has 0 radical (unpaired) electrons. The number of hydrogen-bond donors (Lipinski definition) is 3. The predicted octanol–water partition coefficient (Wildman–Crippen LogP) is 0.469. The van der Waals surface area contributed by atoms with Gasteiger partial charge in [0, 0.05) is 18.3 Å². The number of halogens is 2. The van der Waals surface area contributed by atoms with Gasteiger partial charge in [-0.25, -0.2) is 13.6 Å². The van der Waals surface area contributed by atoms with Crippen LogP contribution in [0.25, 0.3) is 0 Å². The SMILES string of the molecule is NCc1c(C(=O)O)[nH]cc(C(F)F)c1=O. The van der Waals surface area contributed by atoms with Crippen molar-refractivity contribution in [1.82, 2.24) is 4.98 Å². The van der Waals surface area contributed by atoms with Crippen LogP contribution in [0.2, 0.25) is 0 Å². The van der Waals surface area contributed by atoms with Gasteiger partial charge in [0.15, 0.2) is 5.43 Å². The summed E-state index contributed by atoms with van der Waals surface area (Å²) in [7, 11) is 0. The van der Waals surface area contributed by atoms with E-state index in [2.05, 4.69) is 4.98 Å². The topological polar surface area (TPSA) is 96.2 Å². The van der Waals surface area contributed by atoms with Gasteiger partial charge in [0.2, 0.25) is 0 Å². The quantitative estimate of drug-likeness (QED) is 0.687. The Kier molecular flexibility index (Phi) is 3.15. The normalized spacial score (nSPS) is 10.7. The number of nitrogens with one attached hydrogen (secondary N) is 1. The molecule has 4 N–H and O–H groups in total. The fourth-order valence-corrected chi connectivity index (χ4v) is 1.14. The maximum Gasteiger partial charge on any atom is 0.352 e. The lowest BCUT2D eigenvalue weighted by Gasteiger charge is -2.05. The van der Waals surface area contributed by atoms with E-state index < -0.39 is 35.6 Å². The van der Waals surface area contributed by atoms with Crippen LogP contribution in [0.5, 0.6) is 0 Å². The Hall–Kier alpha value is -1.76. The third-order valence-corrected chi connectivity index (χ3v) is 1.86. The Morgan fingerprint density at radius 2 is 2.20 bits per heavy atom. The summed E-state index contributed by atoms with van der Waals surface area (Å²) in [6.07, 6.45) is -2.27. The molecule has 0 aliphatic rings. The molecule has 82 valence electrons. The number of nitrogens with two attached hydrogens (primary N) is 1. The molecular weight excluding hydrogens is 210 g/mol. The zero-order valence-electron chi connectivity index (χ0n) is 7.46. The molecule has 0 saturated heterocycles. The number of carbonyl (C=O) groups is 1. The smallest absolute Gasteiger partial charge is 0.352 e. The van der Waals surface area contributed by atoms with Gasteiger partial charge in [-0.15, -0.1) is 0 Å². The third-order valence-electron chi connectivity index (χ3n) is 1.86. The van der Waals surface area contributed by atoms with E-state index in [0.717, 1.165) is 0 Å². The second kappa shape index (κ2) is 4.18. The number of H-pyrrole nitrogens is 1. The number of pyridine rings is 1. The summed E-state index contributed by atoms with van der Waals surface area (Å²) >= 11 is 0. The number of rotatable bonds is 3. The molecule has 5 nitrogen and oxygen atoms in total. The predicted molar refractivity (Wildman–Crippen MR) is 46.9 cm³/mol. The summed E-state index contributed by atoms with van der Waals surface area (Å²) in [4.78, 5) is 24.0. The molecule has 1 aromatic rings. The van der Waals surface area contributed by atoms with Crippen LogP contribution in [-0.4, -0.2) is 16.1 Å². The molecule has 0 atom stereocenters. The first kappa shape index (κ1) is 11.3. The molecule has 0 unspecified atom stereocenters. The Labute approximate surface area is 82.5 Å². The second-order valence-corrected chi connectivity index (χ2v) is 2.74.